The van der Waals surface area contributed by atoms with E-state index in [0.717, 1.165) is 11.2 Å². The van der Waals surface area contributed by atoms with E-state index in [2.05, 4.69) is 27.1 Å². The smallest absolute Gasteiger partial charge is 0.179 e. The monoisotopic (exact) mass is 271 g/mol. The van der Waals surface area contributed by atoms with Crippen LogP contribution in [0.25, 0.3) is 11.2 Å². The molecular weight excluding hydrogens is 258 g/mol. The number of imidazole rings is 1. The number of nitrogens with zero attached hydrogens (tertiary/aromatic N) is 3. The Morgan fingerprint density at radius 1 is 1.26 bits per heavy atom. The number of H-pyrrole nitrogens is 1. The highest BCUT2D eigenvalue weighted by Gasteiger charge is 2.10. The molecule has 0 fully saturated rings. The number of aryl methyl sites for hydroxylation is 1. The Balaban J connectivity index is 2.18. The highest BCUT2D eigenvalue weighted by Crippen LogP contribution is 2.18. The molecule has 0 amide bonds. The number of rotatable bonds is 2. The van der Waals surface area contributed by atoms with Crippen LogP contribution in [0.1, 0.15) is 11.4 Å². The third-order valence-electron chi connectivity index (χ3n) is 2.95. The van der Waals surface area contributed by atoms with Crippen LogP contribution < -0.4 is 5.73 Å². The molecule has 19 heavy (non-hydrogen) atoms. The van der Waals surface area contributed by atoms with Crippen molar-refractivity contribution in [3.63, 3.8) is 0 Å². The van der Waals surface area contributed by atoms with Crippen molar-refractivity contribution in [3.05, 3.63) is 46.5 Å². The summed E-state index contributed by atoms with van der Waals surface area (Å²) in [4.78, 5) is 11.6. The number of benzene rings is 1. The van der Waals surface area contributed by atoms with E-state index >= 15 is 0 Å². The molecule has 0 radical (unpaired) electrons. The molecule has 3 rings (SSSR count). The highest BCUT2D eigenvalue weighted by molar-refractivity contribution is 7.71. The minimum absolute atomic E-state index is 0.431. The molecule has 3 aromatic rings. The van der Waals surface area contributed by atoms with Gasteiger partial charge in [-0.3, -0.25) is 4.57 Å². The molecule has 2 heterocycles. The molecular formula is C13H13N5S. The fourth-order valence-corrected chi connectivity index (χ4v) is 2.33. The number of fused-ring (bicyclic) bond motifs is 1. The van der Waals surface area contributed by atoms with Crippen molar-refractivity contribution in [3.8, 4) is 0 Å². The summed E-state index contributed by atoms with van der Waals surface area (Å²) in [6.45, 7) is 2.48. The Kier molecular flexibility index (Phi) is 2.79. The van der Waals surface area contributed by atoms with Gasteiger partial charge in [-0.05, 0) is 24.7 Å². The maximum absolute atomic E-state index is 5.89. The number of aromatic amines is 1. The van der Waals surface area contributed by atoms with E-state index in [4.69, 9.17) is 18.0 Å². The molecule has 2 aromatic heterocycles. The lowest BCUT2D eigenvalue weighted by atomic mass is 10.2. The first-order chi connectivity index (χ1) is 9.15. The van der Waals surface area contributed by atoms with E-state index in [1.165, 1.54) is 0 Å². The van der Waals surface area contributed by atoms with Gasteiger partial charge in [0.25, 0.3) is 0 Å². The Bertz CT molecular complexity index is 788. The van der Waals surface area contributed by atoms with Gasteiger partial charge in [0, 0.05) is 0 Å². The summed E-state index contributed by atoms with van der Waals surface area (Å²) in [6, 6.07) is 10.1. The van der Waals surface area contributed by atoms with Crippen molar-refractivity contribution < 1.29 is 0 Å². The van der Waals surface area contributed by atoms with Crippen molar-refractivity contribution in [1.29, 1.82) is 0 Å². The third-order valence-corrected chi connectivity index (χ3v) is 3.27. The molecule has 0 aliphatic heterocycles. The molecule has 0 aliphatic rings. The lowest BCUT2D eigenvalue weighted by Gasteiger charge is -2.04. The number of hydrogen-bond donors (Lipinski definition) is 2. The molecule has 0 aliphatic carbocycles. The third kappa shape index (κ3) is 2.10. The van der Waals surface area contributed by atoms with Gasteiger partial charge in [-0.25, -0.2) is 9.97 Å². The van der Waals surface area contributed by atoms with Gasteiger partial charge in [0.2, 0.25) is 0 Å². The number of nitrogens with two attached hydrogens (primary N) is 1. The summed E-state index contributed by atoms with van der Waals surface area (Å²) < 4.78 is 2.54. The maximum atomic E-state index is 5.89. The first-order valence-electron chi connectivity index (χ1n) is 5.91. The lowest BCUT2D eigenvalue weighted by molar-refractivity contribution is 0.797. The minimum atomic E-state index is 0.431. The summed E-state index contributed by atoms with van der Waals surface area (Å²) in [5.41, 5.74) is 8.50. The standard InChI is InChI=1S/C13H13N5S/c1-8-15-11(14)10-12(16-8)18(13(19)17-10)7-9-5-3-2-4-6-9/h2-6H,7H2,1H3,(H,17,19)(H2,14,15,16). The van der Waals surface area contributed by atoms with Crippen molar-refractivity contribution in [2.75, 3.05) is 5.73 Å². The van der Waals surface area contributed by atoms with E-state index in [1.54, 1.807) is 0 Å². The van der Waals surface area contributed by atoms with Gasteiger partial charge in [-0.2, -0.15) is 0 Å². The van der Waals surface area contributed by atoms with Crippen LogP contribution in [0, 0.1) is 11.7 Å². The number of aromatic nitrogens is 4. The zero-order valence-electron chi connectivity index (χ0n) is 10.4. The van der Waals surface area contributed by atoms with Gasteiger partial charge >= 0.3 is 0 Å². The zero-order valence-corrected chi connectivity index (χ0v) is 11.2. The van der Waals surface area contributed by atoms with Gasteiger partial charge in [-0.15, -0.1) is 0 Å². The largest absolute Gasteiger partial charge is 0.382 e. The van der Waals surface area contributed by atoms with Gasteiger partial charge in [0.05, 0.1) is 6.54 Å². The van der Waals surface area contributed by atoms with Crippen LogP contribution >= 0.6 is 12.2 Å². The molecule has 1 aromatic carbocycles. The summed E-state index contributed by atoms with van der Waals surface area (Å²) in [7, 11) is 0. The van der Waals surface area contributed by atoms with Gasteiger partial charge in [0.1, 0.15) is 11.3 Å². The molecule has 0 saturated heterocycles. The van der Waals surface area contributed by atoms with Crippen molar-refractivity contribution >= 4 is 29.2 Å². The predicted molar refractivity (Wildman–Crippen MR) is 77.4 cm³/mol. The first kappa shape index (κ1) is 11.9. The summed E-state index contributed by atoms with van der Waals surface area (Å²) in [5, 5.41) is 0. The molecule has 5 nitrogen and oxygen atoms in total. The SMILES string of the molecule is Cc1nc(N)c2[nH]c(=S)n(Cc3ccccc3)c2n1. The van der Waals surface area contributed by atoms with Crippen molar-refractivity contribution in [2.45, 2.75) is 13.5 Å². The number of anilines is 1. The topological polar surface area (TPSA) is 72.5 Å². The molecule has 3 N–H and O–H groups in total. The number of nitrogens with one attached hydrogen (secondary N) is 1. The average Bonchev–Trinajstić information content (AvgIpc) is 2.69. The van der Waals surface area contributed by atoms with E-state index in [0.29, 0.717) is 28.5 Å². The van der Waals surface area contributed by atoms with Crippen LogP contribution in [0.15, 0.2) is 30.3 Å². The van der Waals surface area contributed by atoms with E-state index in [1.807, 2.05) is 29.7 Å². The Morgan fingerprint density at radius 2 is 2.00 bits per heavy atom. The van der Waals surface area contributed by atoms with Crippen LogP contribution in [0.4, 0.5) is 5.82 Å². The number of nitrogen functional groups attached to an aromatic ring is 1. The first-order valence-corrected chi connectivity index (χ1v) is 6.32. The van der Waals surface area contributed by atoms with Crippen molar-refractivity contribution in [1.82, 2.24) is 19.5 Å². The van der Waals surface area contributed by atoms with E-state index in [9.17, 15) is 0 Å². The Hall–Kier alpha value is -2.21. The normalized spacial score (nSPS) is 11.0. The number of hydrogen-bond acceptors (Lipinski definition) is 4. The van der Waals surface area contributed by atoms with Crippen LogP contribution in [-0.2, 0) is 6.54 Å². The van der Waals surface area contributed by atoms with Gasteiger partial charge < -0.3 is 10.7 Å². The molecule has 0 atom stereocenters. The van der Waals surface area contributed by atoms with E-state index in [-0.39, 0.29) is 0 Å². The molecule has 0 bridgehead atoms. The molecule has 96 valence electrons. The summed E-state index contributed by atoms with van der Waals surface area (Å²) in [6.07, 6.45) is 0. The van der Waals surface area contributed by atoms with Crippen LogP contribution in [0.2, 0.25) is 0 Å². The second kappa shape index (κ2) is 4.47. The highest BCUT2D eigenvalue weighted by atomic mass is 32.1. The Morgan fingerprint density at radius 3 is 2.74 bits per heavy atom. The Labute approximate surface area is 115 Å². The molecule has 0 spiro atoms. The van der Waals surface area contributed by atoms with Crippen LogP contribution in [-0.4, -0.2) is 19.5 Å². The van der Waals surface area contributed by atoms with Crippen LogP contribution in [0.5, 0.6) is 0 Å². The van der Waals surface area contributed by atoms with Crippen LogP contribution in [0.3, 0.4) is 0 Å². The summed E-state index contributed by atoms with van der Waals surface area (Å²) in [5.74, 6) is 1.07. The quantitative estimate of drug-likeness (QED) is 0.702. The minimum Gasteiger partial charge on any atom is -0.382 e. The fraction of sp³-hybridized carbons (Fsp3) is 0.154. The average molecular weight is 271 g/mol. The predicted octanol–water partition coefficient (Wildman–Crippen LogP) is 2.43. The van der Waals surface area contributed by atoms with Gasteiger partial charge in [-0.1, -0.05) is 30.3 Å². The second-order valence-corrected chi connectivity index (χ2v) is 4.74. The molecule has 0 saturated carbocycles. The van der Waals surface area contributed by atoms with E-state index < -0.39 is 0 Å². The molecule has 0 unspecified atom stereocenters. The van der Waals surface area contributed by atoms with Gasteiger partial charge in [0.15, 0.2) is 16.2 Å². The van der Waals surface area contributed by atoms with Crippen molar-refractivity contribution in [2.24, 2.45) is 0 Å². The molecule has 6 heteroatoms. The maximum Gasteiger partial charge on any atom is 0.179 e. The second-order valence-electron chi connectivity index (χ2n) is 4.36. The zero-order chi connectivity index (χ0) is 13.4. The lowest BCUT2D eigenvalue weighted by Crippen LogP contribution is -2.03. The summed E-state index contributed by atoms with van der Waals surface area (Å²) >= 11 is 5.34. The fourth-order valence-electron chi connectivity index (χ4n) is 2.08.